The van der Waals surface area contributed by atoms with E-state index in [4.69, 9.17) is 4.74 Å². The van der Waals surface area contributed by atoms with E-state index in [2.05, 4.69) is 11.9 Å². The lowest BCUT2D eigenvalue weighted by Crippen LogP contribution is -2.59. The van der Waals surface area contributed by atoms with E-state index in [-0.39, 0.29) is 12.5 Å². The number of carbonyl (C=O) groups is 1. The average molecular weight is 200 g/mol. The zero-order chi connectivity index (χ0) is 10.6. The van der Waals surface area contributed by atoms with Crippen LogP contribution in [0.2, 0.25) is 0 Å². The molecule has 2 aliphatic heterocycles. The van der Waals surface area contributed by atoms with Crippen LogP contribution in [0, 0.1) is 0 Å². The van der Waals surface area contributed by atoms with Gasteiger partial charge in [0, 0.05) is 19.6 Å². The first-order valence-corrected chi connectivity index (χ1v) is 5.33. The quantitative estimate of drug-likeness (QED) is 0.559. The van der Waals surface area contributed by atoms with Gasteiger partial charge in [0.05, 0.1) is 12.6 Å². The van der Waals surface area contributed by atoms with Crippen LogP contribution in [-0.4, -0.2) is 61.6 Å². The maximum absolute atomic E-state index is 11.3. The van der Waals surface area contributed by atoms with Gasteiger partial charge in [-0.2, -0.15) is 0 Å². The first-order chi connectivity index (χ1) is 6.77. The molecule has 0 aromatic carbocycles. The molecule has 1 unspecified atom stereocenters. The number of likely N-dealkylation sites (N-methyl/N-ethyl adjacent to an activating group) is 1. The Morgan fingerprint density at radius 3 is 2.79 bits per heavy atom. The number of hydrogen-bond acceptors (Lipinski definition) is 3. The monoisotopic (exact) mass is 200 g/mol. The molecule has 1 amide bonds. The van der Waals surface area contributed by atoms with E-state index in [1.54, 1.807) is 0 Å². The summed E-state index contributed by atoms with van der Waals surface area (Å²) in [5.41, 5.74) is 0. The summed E-state index contributed by atoms with van der Waals surface area (Å²) < 4.78 is 5.18. The minimum Gasteiger partial charge on any atom is -0.369 e. The molecular formula is C10H20N2O2. The fourth-order valence-corrected chi connectivity index (χ4v) is 1.85. The zero-order valence-corrected chi connectivity index (χ0v) is 9.32. The second-order valence-corrected chi connectivity index (χ2v) is 3.52. The van der Waals surface area contributed by atoms with Crippen LogP contribution in [0.5, 0.6) is 0 Å². The van der Waals surface area contributed by atoms with Crippen molar-refractivity contribution in [3.05, 3.63) is 0 Å². The zero-order valence-electron chi connectivity index (χ0n) is 9.32. The Bertz CT molecular complexity index is 197. The number of piperazine rings is 1. The van der Waals surface area contributed by atoms with Crippen LogP contribution in [0.4, 0.5) is 0 Å². The van der Waals surface area contributed by atoms with Crippen molar-refractivity contribution < 1.29 is 9.53 Å². The Labute approximate surface area is 85.8 Å². The third kappa shape index (κ3) is 2.45. The van der Waals surface area contributed by atoms with Gasteiger partial charge in [-0.1, -0.05) is 13.8 Å². The van der Waals surface area contributed by atoms with E-state index < -0.39 is 0 Å². The fraction of sp³-hybridized carbons (Fsp3) is 0.900. The molecule has 4 heteroatoms. The number of amides is 1. The summed E-state index contributed by atoms with van der Waals surface area (Å²) in [4.78, 5) is 15.5. The number of carbonyl (C=O) groups excluding carboxylic acids is 1. The van der Waals surface area contributed by atoms with Crippen LogP contribution < -0.4 is 0 Å². The van der Waals surface area contributed by atoms with Crippen molar-refractivity contribution in [2.24, 2.45) is 0 Å². The van der Waals surface area contributed by atoms with Gasteiger partial charge in [0.2, 0.25) is 5.91 Å². The number of rotatable bonds is 0. The topological polar surface area (TPSA) is 32.8 Å². The van der Waals surface area contributed by atoms with Gasteiger partial charge in [0.25, 0.3) is 0 Å². The molecule has 0 spiro atoms. The van der Waals surface area contributed by atoms with Crippen molar-refractivity contribution in [1.82, 2.24) is 9.80 Å². The molecule has 2 aliphatic rings. The summed E-state index contributed by atoms with van der Waals surface area (Å²) in [6, 6.07) is 0.296. The van der Waals surface area contributed by atoms with Crippen molar-refractivity contribution in [1.29, 1.82) is 0 Å². The fourth-order valence-electron chi connectivity index (χ4n) is 1.85. The molecular weight excluding hydrogens is 180 g/mol. The lowest BCUT2D eigenvalue weighted by molar-refractivity contribution is -0.151. The van der Waals surface area contributed by atoms with Gasteiger partial charge < -0.3 is 14.5 Å². The molecule has 2 fully saturated rings. The number of hydrogen-bond donors (Lipinski definition) is 0. The number of ether oxygens (including phenoxy) is 1. The number of morpholine rings is 1. The van der Waals surface area contributed by atoms with Gasteiger partial charge in [-0.3, -0.25) is 4.79 Å². The molecule has 0 radical (unpaired) electrons. The maximum atomic E-state index is 11.3. The highest BCUT2D eigenvalue weighted by atomic mass is 16.5. The van der Waals surface area contributed by atoms with Crippen molar-refractivity contribution in [3.8, 4) is 0 Å². The van der Waals surface area contributed by atoms with Crippen LogP contribution >= 0.6 is 0 Å². The molecule has 4 nitrogen and oxygen atoms in total. The van der Waals surface area contributed by atoms with Gasteiger partial charge in [-0.05, 0) is 7.05 Å². The predicted molar refractivity (Wildman–Crippen MR) is 55.2 cm³/mol. The summed E-state index contributed by atoms with van der Waals surface area (Å²) in [7, 11) is 2.08. The highest BCUT2D eigenvalue weighted by molar-refractivity contribution is 5.78. The molecule has 2 rings (SSSR count). The largest absolute Gasteiger partial charge is 0.369 e. The molecule has 0 aliphatic carbocycles. The van der Waals surface area contributed by atoms with Gasteiger partial charge in [0.15, 0.2) is 0 Å². The van der Waals surface area contributed by atoms with Gasteiger partial charge in [-0.25, -0.2) is 0 Å². The smallest absolute Gasteiger partial charge is 0.248 e. The molecule has 2 heterocycles. The van der Waals surface area contributed by atoms with Crippen molar-refractivity contribution in [3.63, 3.8) is 0 Å². The second kappa shape index (κ2) is 5.32. The van der Waals surface area contributed by atoms with Gasteiger partial charge in [0.1, 0.15) is 6.61 Å². The lowest BCUT2D eigenvalue weighted by Gasteiger charge is -2.42. The molecule has 0 aromatic rings. The summed E-state index contributed by atoms with van der Waals surface area (Å²) in [5.74, 6) is 0.152. The van der Waals surface area contributed by atoms with E-state index >= 15 is 0 Å². The average Bonchev–Trinajstić information content (AvgIpc) is 2.21. The Balaban J connectivity index is 0.000000461. The third-order valence-corrected chi connectivity index (χ3v) is 2.54. The van der Waals surface area contributed by atoms with Crippen LogP contribution in [0.1, 0.15) is 13.8 Å². The van der Waals surface area contributed by atoms with E-state index in [0.29, 0.717) is 12.6 Å². The van der Waals surface area contributed by atoms with Crippen LogP contribution in [0.15, 0.2) is 0 Å². The van der Waals surface area contributed by atoms with Crippen molar-refractivity contribution in [2.75, 3.05) is 39.9 Å². The summed E-state index contributed by atoms with van der Waals surface area (Å²) in [6.07, 6.45) is 0. The molecule has 0 bridgehead atoms. The van der Waals surface area contributed by atoms with E-state index in [1.165, 1.54) is 0 Å². The van der Waals surface area contributed by atoms with Crippen LogP contribution in [0.3, 0.4) is 0 Å². The standard InChI is InChI=1S/C8H14N2O2.C2H6/c1-9-2-3-10-7(4-9)5-12-6-8(10)11;1-2/h7H,2-6H2,1H3;1-2H3. The summed E-state index contributed by atoms with van der Waals surface area (Å²) >= 11 is 0. The molecule has 1 atom stereocenters. The van der Waals surface area contributed by atoms with E-state index in [9.17, 15) is 4.79 Å². The second-order valence-electron chi connectivity index (χ2n) is 3.52. The number of nitrogens with zero attached hydrogens (tertiary/aromatic N) is 2. The molecule has 0 saturated carbocycles. The molecule has 82 valence electrons. The lowest BCUT2D eigenvalue weighted by atomic mass is 10.1. The summed E-state index contributed by atoms with van der Waals surface area (Å²) in [6.45, 7) is 7.79. The Morgan fingerprint density at radius 1 is 1.36 bits per heavy atom. The SMILES string of the molecule is CC.CN1CCN2C(=O)COCC2C1. The molecule has 0 aromatic heterocycles. The third-order valence-electron chi connectivity index (χ3n) is 2.54. The van der Waals surface area contributed by atoms with Gasteiger partial charge in [-0.15, -0.1) is 0 Å². The normalized spacial score (nSPS) is 27.8. The van der Waals surface area contributed by atoms with Crippen LogP contribution in [0.25, 0.3) is 0 Å². The highest BCUT2D eigenvalue weighted by Crippen LogP contribution is 2.12. The number of fused-ring (bicyclic) bond motifs is 1. The van der Waals surface area contributed by atoms with Crippen molar-refractivity contribution >= 4 is 5.91 Å². The Hall–Kier alpha value is -0.610. The minimum atomic E-state index is 0.152. The minimum absolute atomic E-state index is 0.152. The van der Waals surface area contributed by atoms with E-state index in [0.717, 1.165) is 19.6 Å². The molecule has 0 N–H and O–H groups in total. The molecule has 14 heavy (non-hydrogen) atoms. The van der Waals surface area contributed by atoms with Crippen molar-refractivity contribution in [2.45, 2.75) is 19.9 Å². The molecule has 2 saturated heterocycles. The first-order valence-electron chi connectivity index (χ1n) is 5.33. The maximum Gasteiger partial charge on any atom is 0.248 e. The highest BCUT2D eigenvalue weighted by Gasteiger charge is 2.32. The summed E-state index contributed by atoms with van der Waals surface area (Å²) in [5, 5.41) is 0. The van der Waals surface area contributed by atoms with Gasteiger partial charge >= 0.3 is 0 Å². The Kier molecular flexibility index (Phi) is 4.35. The predicted octanol–water partition coefficient (Wildman–Crippen LogP) is 0.185. The van der Waals surface area contributed by atoms with E-state index in [1.807, 2.05) is 18.7 Å². The van der Waals surface area contributed by atoms with Crippen LogP contribution in [-0.2, 0) is 9.53 Å². The Morgan fingerprint density at radius 2 is 2.07 bits per heavy atom. The first kappa shape index (κ1) is 11.5.